The summed E-state index contributed by atoms with van der Waals surface area (Å²) in [5.41, 5.74) is 6.23. The molecule has 4 nitrogen and oxygen atoms in total. The summed E-state index contributed by atoms with van der Waals surface area (Å²) in [6.07, 6.45) is 1.62. The first-order valence-electron chi connectivity index (χ1n) is 5.61. The minimum absolute atomic E-state index is 0.175. The van der Waals surface area contributed by atoms with Crippen LogP contribution in [0.3, 0.4) is 0 Å². The highest BCUT2D eigenvalue weighted by molar-refractivity contribution is 5.59. The summed E-state index contributed by atoms with van der Waals surface area (Å²) in [4.78, 5) is 0. The van der Waals surface area contributed by atoms with Gasteiger partial charge in [-0.1, -0.05) is 0 Å². The van der Waals surface area contributed by atoms with Crippen LogP contribution in [0.5, 0.6) is 17.2 Å². The number of rotatable bonds is 2. The van der Waals surface area contributed by atoms with E-state index in [1.54, 1.807) is 0 Å². The fourth-order valence-electron chi connectivity index (χ4n) is 2.17. The van der Waals surface area contributed by atoms with Crippen LogP contribution in [-0.4, -0.2) is 20.3 Å². The van der Waals surface area contributed by atoms with Gasteiger partial charge in [-0.05, 0) is 12.8 Å². The van der Waals surface area contributed by atoms with Crippen molar-refractivity contribution in [3.05, 3.63) is 17.4 Å². The first-order valence-corrected chi connectivity index (χ1v) is 5.61. The summed E-state index contributed by atoms with van der Waals surface area (Å²) >= 11 is 0. The summed E-state index contributed by atoms with van der Waals surface area (Å²) in [6.45, 7) is 0.876. The Morgan fingerprint density at radius 3 is 2.71 bits per heavy atom. The van der Waals surface area contributed by atoms with Crippen molar-refractivity contribution in [2.45, 2.75) is 18.4 Å². The largest absolute Gasteiger partial charge is 0.493 e. The van der Waals surface area contributed by atoms with E-state index < -0.39 is 11.4 Å². The van der Waals surface area contributed by atoms with E-state index in [0.717, 1.165) is 12.8 Å². The zero-order valence-corrected chi connectivity index (χ0v) is 9.59. The molecule has 1 saturated carbocycles. The lowest BCUT2D eigenvalue weighted by molar-refractivity contribution is 0.166. The van der Waals surface area contributed by atoms with Crippen molar-refractivity contribution in [1.82, 2.24) is 0 Å². The predicted octanol–water partition coefficient (Wildman–Crippen LogP) is 1.55. The van der Waals surface area contributed by atoms with E-state index in [2.05, 4.69) is 0 Å². The molecule has 2 aliphatic rings. The number of hydrogen-bond donors (Lipinski definition) is 1. The minimum atomic E-state index is -0.530. The second-order valence-corrected chi connectivity index (χ2v) is 4.45. The Morgan fingerprint density at radius 2 is 2.06 bits per heavy atom. The van der Waals surface area contributed by atoms with Crippen molar-refractivity contribution in [3.63, 3.8) is 0 Å². The number of hydrogen-bond acceptors (Lipinski definition) is 4. The van der Waals surface area contributed by atoms with Crippen LogP contribution in [0.4, 0.5) is 4.39 Å². The lowest BCUT2D eigenvalue weighted by Gasteiger charge is -2.25. The Kier molecular flexibility index (Phi) is 2.19. The number of fused-ring (bicyclic) bond motifs is 1. The van der Waals surface area contributed by atoms with E-state index >= 15 is 0 Å². The molecule has 17 heavy (non-hydrogen) atoms. The quantitative estimate of drug-likeness (QED) is 0.850. The van der Waals surface area contributed by atoms with E-state index in [0.29, 0.717) is 30.3 Å². The van der Waals surface area contributed by atoms with Gasteiger partial charge in [-0.3, -0.25) is 0 Å². The number of nitrogens with two attached hydrogens (primary N) is 1. The fourth-order valence-corrected chi connectivity index (χ4v) is 2.17. The summed E-state index contributed by atoms with van der Waals surface area (Å²) in [5, 5.41) is 0. The van der Waals surface area contributed by atoms with Gasteiger partial charge in [-0.15, -0.1) is 0 Å². The smallest absolute Gasteiger partial charge is 0.170 e. The summed E-state index contributed by atoms with van der Waals surface area (Å²) < 4.78 is 30.0. The van der Waals surface area contributed by atoms with Gasteiger partial charge in [0, 0.05) is 11.6 Å². The normalized spacial score (nSPS) is 19.9. The Hall–Kier alpha value is -1.49. The molecule has 0 radical (unpaired) electrons. The van der Waals surface area contributed by atoms with E-state index in [9.17, 15) is 4.39 Å². The van der Waals surface area contributed by atoms with Crippen LogP contribution in [0.25, 0.3) is 0 Å². The van der Waals surface area contributed by atoms with Crippen molar-refractivity contribution < 1.29 is 18.6 Å². The van der Waals surface area contributed by atoms with Crippen molar-refractivity contribution >= 4 is 0 Å². The zero-order chi connectivity index (χ0) is 12.0. The molecule has 1 fully saturated rings. The molecule has 0 amide bonds. The van der Waals surface area contributed by atoms with E-state index in [-0.39, 0.29) is 5.75 Å². The molecule has 1 heterocycles. The summed E-state index contributed by atoms with van der Waals surface area (Å²) in [7, 11) is 1.43. The molecule has 5 heteroatoms. The first kappa shape index (κ1) is 10.7. The number of halogens is 1. The maximum atomic E-state index is 13.9. The highest BCUT2D eigenvalue weighted by atomic mass is 19.1. The highest BCUT2D eigenvalue weighted by Crippen LogP contribution is 2.54. The maximum absolute atomic E-state index is 13.9. The van der Waals surface area contributed by atoms with Gasteiger partial charge in [0.1, 0.15) is 13.2 Å². The fraction of sp³-hybridized carbons (Fsp3) is 0.500. The molecule has 0 spiro atoms. The Labute approximate surface area is 98.5 Å². The predicted molar refractivity (Wildman–Crippen MR) is 59.0 cm³/mol. The van der Waals surface area contributed by atoms with E-state index in [1.165, 1.54) is 13.2 Å². The van der Waals surface area contributed by atoms with Gasteiger partial charge >= 0.3 is 0 Å². The van der Waals surface area contributed by atoms with Crippen LogP contribution in [0.1, 0.15) is 18.4 Å². The van der Waals surface area contributed by atoms with Crippen LogP contribution < -0.4 is 19.9 Å². The standard InChI is InChI=1S/C12H14FNO3/c1-15-10-7(13)6-8-11(17-5-4-16-8)9(10)12(14)2-3-12/h6H,2-5,14H2,1H3. The number of methoxy groups -OCH3 is 1. The van der Waals surface area contributed by atoms with Crippen molar-refractivity contribution in [2.24, 2.45) is 5.73 Å². The number of ether oxygens (including phenoxy) is 3. The third-order valence-electron chi connectivity index (χ3n) is 3.23. The van der Waals surface area contributed by atoms with Gasteiger partial charge < -0.3 is 19.9 Å². The van der Waals surface area contributed by atoms with E-state index in [1.807, 2.05) is 0 Å². The third-order valence-corrected chi connectivity index (χ3v) is 3.23. The average Bonchev–Trinajstić information content (AvgIpc) is 3.06. The SMILES string of the molecule is COc1c(F)cc2c(c1C1(N)CC1)OCCO2. The molecule has 0 aromatic heterocycles. The molecule has 0 bridgehead atoms. The molecule has 0 atom stereocenters. The molecular formula is C12H14FNO3. The van der Waals surface area contributed by atoms with Crippen molar-refractivity contribution in [3.8, 4) is 17.2 Å². The van der Waals surface area contributed by atoms with Crippen LogP contribution in [0, 0.1) is 5.82 Å². The van der Waals surface area contributed by atoms with Crippen molar-refractivity contribution in [2.75, 3.05) is 20.3 Å². The average molecular weight is 239 g/mol. The topological polar surface area (TPSA) is 53.7 Å². The molecule has 0 unspecified atom stereocenters. The van der Waals surface area contributed by atoms with Gasteiger partial charge in [0.25, 0.3) is 0 Å². The van der Waals surface area contributed by atoms with Crippen LogP contribution in [0.15, 0.2) is 6.07 Å². The second kappa shape index (κ2) is 3.50. The molecule has 1 aromatic rings. The first-order chi connectivity index (χ1) is 8.15. The third kappa shape index (κ3) is 1.53. The van der Waals surface area contributed by atoms with E-state index in [4.69, 9.17) is 19.9 Å². The molecule has 1 aliphatic heterocycles. The van der Waals surface area contributed by atoms with Gasteiger partial charge in [-0.25, -0.2) is 4.39 Å². The molecular weight excluding hydrogens is 225 g/mol. The Balaban J connectivity index is 2.23. The summed E-state index contributed by atoms with van der Waals surface area (Å²) in [5.74, 6) is 0.675. The zero-order valence-electron chi connectivity index (χ0n) is 9.59. The lowest BCUT2D eigenvalue weighted by atomic mass is 10.0. The Bertz CT molecular complexity index is 471. The van der Waals surface area contributed by atoms with Gasteiger partial charge in [0.05, 0.1) is 12.7 Å². The maximum Gasteiger partial charge on any atom is 0.170 e. The monoisotopic (exact) mass is 239 g/mol. The molecule has 3 rings (SSSR count). The second-order valence-electron chi connectivity index (χ2n) is 4.45. The molecule has 1 aromatic carbocycles. The minimum Gasteiger partial charge on any atom is -0.493 e. The van der Waals surface area contributed by atoms with Crippen molar-refractivity contribution in [1.29, 1.82) is 0 Å². The van der Waals surface area contributed by atoms with Gasteiger partial charge in [-0.2, -0.15) is 0 Å². The van der Waals surface area contributed by atoms with Crippen LogP contribution >= 0.6 is 0 Å². The molecule has 2 N–H and O–H groups in total. The molecule has 92 valence electrons. The van der Waals surface area contributed by atoms with Crippen LogP contribution in [-0.2, 0) is 5.54 Å². The van der Waals surface area contributed by atoms with Crippen LogP contribution in [0.2, 0.25) is 0 Å². The Morgan fingerprint density at radius 1 is 1.35 bits per heavy atom. The van der Waals surface area contributed by atoms with Gasteiger partial charge in [0.2, 0.25) is 0 Å². The summed E-state index contributed by atoms with van der Waals surface area (Å²) in [6, 6.07) is 1.29. The number of benzene rings is 1. The molecule has 1 aliphatic carbocycles. The highest BCUT2D eigenvalue weighted by Gasteiger charge is 2.47. The van der Waals surface area contributed by atoms with Gasteiger partial charge in [0.15, 0.2) is 23.1 Å². The lowest BCUT2D eigenvalue weighted by Crippen LogP contribution is -2.25. The molecule has 0 saturated heterocycles.